The Hall–Kier alpha value is -4.53. The van der Waals surface area contributed by atoms with Crippen molar-refractivity contribution < 1.29 is 4.79 Å². The summed E-state index contributed by atoms with van der Waals surface area (Å²) in [5.74, 6) is 0.519. The largest absolute Gasteiger partial charge is 0.355 e. The summed E-state index contributed by atoms with van der Waals surface area (Å²) < 4.78 is 1.71. The van der Waals surface area contributed by atoms with E-state index in [1.165, 1.54) is 6.33 Å². The van der Waals surface area contributed by atoms with Gasteiger partial charge in [-0.2, -0.15) is 5.10 Å². The second-order valence-corrected chi connectivity index (χ2v) is 7.58. The fraction of sp³-hybridized carbons (Fsp3) is 0.125. The Bertz CT molecular complexity index is 1430. The van der Waals surface area contributed by atoms with Crippen LogP contribution in [0.3, 0.4) is 0 Å². The number of benzene rings is 1. The van der Waals surface area contributed by atoms with E-state index >= 15 is 0 Å². The highest BCUT2D eigenvalue weighted by atomic mass is 16.1. The van der Waals surface area contributed by atoms with E-state index in [1.807, 2.05) is 55.6 Å². The molecule has 9 nitrogen and oxygen atoms in total. The first-order chi connectivity index (χ1) is 16.1. The normalized spacial score (nSPS) is 11.0. The number of amides is 1. The number of carbonyl (C=O) groups is 1. The molecule has 5 aromatic rings. The van der Waals surface area contributed by atoms with Crippen molar-refractivity contribution in [2.75, 3.05) is 12.4 Å². The molecule has 33 heavy (non-hydrogen) atoms. The maximum atomic E-state index is 11.7. The lowest BCUT2D eigenvalue weighted by Crippen LogP contribution is -2.17. The van der Waals surface area contributed by atoms with Gasteiger partial charge in [-0.1, -0.05) is 18.2 Å². The Balaban J connectivity index is 1.47. The second-order valence-electron chi connectivity index (χ2n) is 7.58. The zero-order valence-corrected chi connectivity index (χ0v) is 18.2. The number of nitrogens with zero attached hydrogens (tertiary/aromatic N) is 5. The van der Waals surface area contributed by atoms with E-state index in [1.54, 1.807) is 23.7 Å². The van der Waals surface area contributed by atoms with E-state index in [2.05, 4.69) is 30.7 Å². The summed E-state index contributed by atoms with van der Waals surface area (Å²) in [6.07, 6.45) is 3.38. The minimum atomic E-state index is -0.106. The van der Waals surface area contributed by atoms with Crippen LogP contribution in [-0.4, -0.2) is 42.5 Å². The van der Waals surface area contributed by atoms with E-state index in [9.17, 15) is 4.79 Å². The van der Waals surface area contributed by atoms with Crippen molar-refractivity contribution in [3.63, 3.8) is 0 Å². The minimum Gasteiger partial charge on any atom is -0.355 e. The first kappa shape index (κ1) is 20.4. The molecule has 0 radical (unpaired) electrons. The molecule has 0 aliphatic rings. The molecule has 5 rings (SSSR count). The molecule has 0 aliphatic heterocycles. The monoisotopic (exact) mass is 438 g/mol. The molecular formula is C24H22N8O. The topological polar surface area (TPSA) is 113 Å². The summed E-state index contributed by atoms with van der Waals surface area (Å²) in [5, 5.41) is 10.1. The van der Waals surface area contributed by atoms with Crippen LogP contribution in [0.15, 0.2) is 67.1 Å². The fourth-order valence-corrected chi connectivity index (χ4v) is 3.60. The molecule has 0 bridgehead atoms. The van der Waals surface area contributed by atoms with Crippen LogP contribution in [-0.2, 0) is 6.54 Å². The number of hydrogen-bond donors (Lipinski definition) is 3. The van der Waals surface area contributed by atoms with Crippen molar-refractivity contribution in [1.82, 2.24) is 34.9 Å². The predicted molar refractivity (Wildman–Crippen MR) is 126 cm³/mol. The summed E-state index contributed by atoms with van der Waals surface area (Å²) in [7, 11) is 1.62. The molecule has 9 heteroatoms. The number of H-pyrrole nitrogens is 1. The molecule has 0 saturated heterocycles. The minimum absolute atomic E-state index is 0.106. The number of rotatable bonds is 6. The van der Waals surface area contributed by atoms with Crippen LogP contribution in [0.5, 0.6) is 0 Å². The third-order valence-corrected chi connectivity index (χ3v) is 5.31. The third kappa shape index (κ3) is 4.16. The number of aryl methyl sites for hydroxylation is 1. The summed E-state index contributed by atoms with van der Waals surface area (Å²) in [4.78, 5) is 28.9. The molecule has 0 unspecified atom stereocenters. The predicted octanol–water partition coefficient (Wildman–Crippen LogP) is 3.46. The maximum Gasteiger partial charge on any atom is 0.251 e. The summed E-state index contributed by atoms with van der Waals surface area (Å²) >= 11 is 0. The molecule has 4 heterocycles. The number of nitrogens with one attached hydrogen (secondary N) is 3. The molecule has 1 aromatic carbocycles. The van der Waals surface area contributed by atoms with Crippen molar-refractivity contribution in [2.45, 2.75) is 13.5 Å². The van der Waals surface area contributed by atoms with Crippen molar-refractivity contribution in [1.29, 1.82) is 0 Å². The lowest BCUT2D eigenvalue weighted by atomic mass is 10.1. The third-order valence-electron chi connectivity index (χ3n) is 5.31. The highest BCUT2D eigenvalue weighted by Gasteiger charge is 2.16. The second kappa shape index (κ2) is 8.54. The number of hydrogen-bond acceptors (Lipinski definition) is 6. The van der Waals surface area contributed by atoms with Gasteiger partial charge in [0.05, 0.1) is 11.4 Å². The molecule has 0 atom stereocenters. The van der Waals surface area contributed by atoms with E-state index in [0.29, 0.717) is 18.1 Å². The van der Waals surface area contributed by atoms with Gasteiger partial charge in [0.25, 0.3) is 5.91 Å². The van der Waals surface area contributed by atoms with Gasteiger partial charge in [0, 0.05) is 36.6 Å². The number of fused-ring (bicyclic) bond motifs is 1. The zero-order valence-electron chi connectivity index (χ0n) is 18.2. The van der Waals surface area contributed by atoms with Gasteiger partial charge in [-0.15, -0.1) is 0 Å². The molecule has 1 amide bonds. The lowest BCUT2D eigenvalue weighted by Gasteiger charge is -2.05. The first-order valence-corrected chi connectivity index (χ1v) is 10.5. The summed E-state index contributed by atoms with van der Waals surface area (Å²) in [6, 6.07) is 17.3. The fourth-order valence-electron chi connectivity index (χ4n) is 3.60. The Labute approximate surface area is 189 Å². The summed E-state index contributed by atoms with van der Waals surface area (Å²) in [5.41, 5.74) is 6.63. The van der Waals surface area contributed by atoms with E-state index in [4.69, 9.17) is 4.98 Å². The number of anilines is 1. The number of aromatic amines is 1. The quantitative estimate of drug-likeness (QED) is 0.374. The van der Waals surface area contributed by atoms with Crippen molar-refractivity contribution in [3.8, 4) is 22.6 Å². The lowest BCUT2D eigenvalue weighted by molar-refractivity contribution is 0.0963. The van der Waals surface area contributed by atoms with Crippen LogP contribution >= 0.6 is 0 Å². The molecule has 164 valence electrons. The van der Waals surface area contributed by atoms with Crippen LogP contribution < -0.4 is 10.6 Å². The number of imidazole rings is 1. The molecule has 0 spiro atoms. The molecule has 0 aliphatic carbocycles. The van der Waals surface area contributed by atoms with E-state index < -0.39 is 0 Å². The van der Waals surface area contributed by atoms with Gasteiger partial charge in [0.15, 0.2) is 5.65 Å². The van der Waals surface area contributed by atoms with Gasteiger partial charge >= 0.3 is 0 Å². The Kier molecular flexibility index (Phi) is 5.27. The van der Waals surface area contributed by atoms with Gasteiger partial charge in [-0.25, -0.2) is 14.5 Å². The van der Waals surface area contributed by atoms with Crippen LogP contribution in [0.25, 0.3) is 28.3 Å². The SMILES string of the molecule is CNC(=O)c1ccc(CNc2nc(-c3ccn4ncnc4c3)c(-c3cccc(C)n3)[nH]2)cc1. The van der Waals surface area contributed by atoms with Gasteiger partial charge in [0.1, 0.15) is 12.0 Å². The average Bonchev–Trinajstić information content (AvgIpc) is 3.49. The Morgan fingerprint density at radius 2 is 1.94 bits per heavy atom. The highest BCUT2D eigenvalue weighted by molar-refractivity contribution is 5.93. The van der Waals surface area contributed by atoms with Gasteiger partial charge in [-0.05, 0) is 48.9 Å². The van der Waals surface area contributed by atoms with Crippen LogP contribution in [0.4, 0.5) is 5.95 Å². The van der Waals surface area contributed by atoms with Crippen molar-refractivity contribution >= 4 is 17.5 Å². The molecular weight excluding hydrogens is 416 g/mol. The highest BCUT2D eigenvalue weighted by Crippen LogP contribution is 2.31. The number of carbonyl (C=O) groups excluding carboxylic acids is 1. The number of pyridine rings is 2. The molecule has 0 saturated carbocycles. The molecule has 4 aromatic heterocycles. The van der Waals surface area contributed by atoms with Crippen LogP contribution in [0, 0.1) is 6.92 Å². The summed E-state index contributed by atoms with van der Waals surface area (Å²) in [6.45, 7) is 2.51. The van der Waals surface area contributed by atoms with Gasteiger partial charge < -0.3 is 15.6 Å². The van der Waals surface area contributed by atoms with Crippen LogP contribution in [0.1, 0.15) is 21.6 Å². The van der Waals surface area contributed by atoms with E-state index in [-0.39, 0.29) is 5.91 Å². The van der Waals surface area contributed by atoms with Gasteiger partial charge in [0.2, 0.25) is 5.95 Å². The average molecular weight is 438 g/mol. The zero-order chi connectivity index (χ0) is 22.8. The smallest absolute Gasteiger partial charge is 0.251 e. The van der Waals surface area contributed by atoms with Crippen molar-refractivity contribution in [3.05, 3.63) is 83.9 Å². The maximum absolute atomic E-state index is 11.7. The molecule has 3 N–H and O–H groups in total. The standard InChI is InChI=1S/C24H22N8O/c1-15-4-3-5-19(29-15)22-21(18-10-11-32-20(12-18)27-14-28-32)30-24(31-22)26-13-16-6-8-17(9-7-16)23(33)25-2/h3-12,14H,13H2,1-2H3,(H,25,33)(H2,26,30,31). The van der Waals surface area contributed by atoms with Crippen molar-refractivity contribution in [2.24, 2.45) is 0 Å². The Morgan fingerprint density at radius 3 is 2.73 bits per heavy atom. The van der Waals surface area contributed by atoms with E-state index in [0.717, 1.165) is 39.5 Å². The molecule has 0 fully saturated rings. The van der Waals surface area contributed by atoms with Crippen LogP contribution in [0.2, 0.25) is 0 Å². The van der Waals surface area contributed by atoms with Gasteiger partial charge in [-0.3, -0.25) is 9.78 Å². The first-order valence-electron chi connectivity index (χ1n) is 10.5. The number of aromatic nitrogens is 6. The Morgan fingerprint density at radius 1 is 1.09 bits per heavy atom.